The molecule has 0 radical (unpaired) electrons. The molecule has 0 aliphatic rings. The van der Waals surface area contributed by atoms with Crippen LogP contribution in [0.25, 0.3) is 0 Å². The molecule has 9 nitrogen and oxygen atoms in total. The van der Waals surface area contributed by atoms with Crippen molar-refractivity contribution in [3.63, 3.8) is 0 Å². The van der Waals surface area contributed by atoms with Crippen LogP contribution >= 0.6 is 0 Å². The highest BCUT2D eigenvalue weighted by atomic mass is 32.2. The number of carbonyl (C=O) groups is 1. The minimum atomic E-state index is -4.07. The van der Waals surface area contributed by atoms with Crippen LogP contribution in [0, 0.1) is 22.9 Å². The normalized spacial score (nSPS) is 11.1. The van der Waals surface area contributed by atoms with Gasteiger partial charge in [0.05, 0.1) is 16.9 Å². The Labute approximate surface area is 160 Å². The molecule has 0 atom stereocenters. The molecule has 0 aromatic heterocycles. The number of aryl methyl sites for hydroxylation is 1. The number of sulfonamides is 1. The predicted molar refractivity (Wildman–Crippen MR) is 99.2 cm³/mol. The first-order valence-electron chi connectivity index (χ1n) is 8.02. The number of hydrogen-bond donors (Lipinski definition) is 2. The Morgan fingerprint density at radius 2 is 1.96 bits per heavy atom. The quantitative estimate of drug-likeness (QED) is 0.507. The number of carbonyl (C=O) groups excluding carboxylic acids is 1. The van der Waals surface area contributed by atoms with E-state index in [1.165, 1.54) is 25.3 Å². The molecule has 0 bridgehead atoms. The minimum Gasteiger partial charge on any atom is -0.490 e. The maximum Gasteiger partial charge on any atom is 0.312 e. The Morgan fingerprint density at radius 1 is 1.25 bits per heavy atom. The van der Waals surface area contributed by atoms with E-state index < -0.39 is 32.4 Å². The zero-order chi connectivity index (χ0) is 20.9. The number of rotatable bonds is 8. The van der Waals surface area contributed by atoms with E-state index in [0.29, 0.717) is 5.56 Å². The first kappa shape index (κ1) is 21.3. The van der Waals surface area contributed by atoms with E-state index in [-0.39, 0.29) is 29.3 Å². The van der Waals surface area contributed by atoms with Gasteiger partial charge < -0.3 is 10.1 Å². The van der Waals surface area contributed by atoms with Crippen LogP contribution in [0.1, 0.15) is 12.0 Å². The zero-order valence-corrected chi connectivity index (χ0v) is 15.9. The first-order chi connectivity index (χ1) is 13.1. The number of amides is 1. The molecule has 1 amide bonds. The Morgan fingerprint density at radius 3 is 2.57 bits per heavy atom. The summed E-state index contributed by atoms with van der Waals surface area (Å²) in [5, 5.41) is 13.5. The van der Waals surface area contributed by atoms with E-state index in [4.69, 9.17) is 4.74 Å². The molecule has 0 saturated carbocycles. The highest BCUT2D eigenvalue weighted by molar-refractivity contribution is 7.89. The summed E-state index contributed by atoms with van der Waals surface area (Å²) < 4.78 is 45.0. The maximum atomic E-state index is 13.5. The van der Waals surface area contributed by atoms with Gasteiger partial charge in [-0.3, -0.25) is 14.9 Å². The van der Waals surface area contributed by atoms with Crippen molar-refractivity contribution < 1.29 is 27.3 Å². The number of ether oxygens (including phenoxy) is 1. The standard InChI is InChI=1S/C17H18FN3O6S/c1-11-3-4-12(9-14(11)18)20-17(22)7-8-19-28(25,26)13-5-6-16(27-2)15(10-13)21(23)24/h3-6,9-10,19H,7-8H2,1-2H3,(H,20,22). The summed E-state index contributed by atoms with van der Waals surface area (Å²) in [5.41, 5.74) is 0.186. The van der Waals surface area contributed by atoms with Gasteiger partial charge in [-0.1, -0.05) is 6.07 Å². The molecule has 2 rings (SSSR count). The lowest BCUT2D eigenvalue weighted by Crippen LogP contribution is -2.28. The number of hydrogen-bond acceptors (Lipinski definition) is 6. The fourth-order valence-electron chi connectivity index (χ4n) is 2.26. The van der Waals surface area contributed by atoms with Gasteiger partial charge in [0.15, 0.2) is 5.75 Å². The molecule has 0 aliphatic carbocycles. The van der Waals surface area contributed by atoms with E-state index in [2.05, 4.69) is 10.0 Å². The molecule has 0 aliphatic heterocycles. The molecule has 0 spiro atoms. The second-order valence-electron chi connectivity index (χ2n) is 5.75. The summed E-state index contributed by atoms with van der Waals surface area (Å²) in [5.74, 6) is -1.07. The molecular formula is C17H18FN3O6S. The number of nitrogens with one attached hydrogen (secondary N) is 2. The van der Waals surface area contributed by atoms with Crippen molar-refractivity contribution in [2.45, 2.75) is 18.2 Å². The fourth-order valence-corrected chi connectivity index (χ4v) is 3.31. The molecule has 0 heterocycles. The number of methoxy groups -OCH3 is 1. The Kier molecular flexibility index (Phi) is 6.65. The van der Waals surface area contributed by atoms with Crippen molar-refractivity contribution in [3.05, 3.63) is 57.9 Å². The summed E-state index contributed by atoms with van der Waals surface area (Å²) in [6.07, 6.45) is -0.215. The van der Waals surface area contributed by atoms with Gasteiger partial charge in [0.1, 0.15) is 5.82 Å². The fraction of sp³-hybridized carbons (Fsp3) is 0.235. The van der Waals surface area contributed by atoms with Crippen LogP contribution < -0.4 is 14.8 Å². The van der Waals surface area contributed by atoms with Crippen LogP contribution in [0.4, 0.5) is 15.8 Å². The summed E-state index contributed by atoms with van der Waals surface area (Å²) in [6.45, 7) is 1.33. The number of nitrogens with zero attached hydrogens (tertiary/aromatic N) is 1. The minimum absolute atomic E-state index is 0.0753. The van der Waals surface area contributed by atoms with Crippen LogP contribution in [-0.4, -0.2) is 32.9 Å². The van der Waals surface area contributed by atoms with Crippen LogP contribution in [-0.2, 0) is 14.8 Å². The van der Waals surface area contributed by atoms with Crippen molar-refractivity contribution in [1.82, 2.24) is 4.72 Å². The van der Waals surface area contributed by atoms with Gasteiger partial charge in [-0.15, -0.1) is 0 Å². The molecule has 0 unspecified atom stereocenters. The molecule has 150 valence electrons. The summed E-state index contributed by atoms with van der Waals surface area (Å²) in [7, 11) is -2.84. The zero-order valence-electron chi connectivity index (χ0n) is 15.1. The number of nitro benzene ring substituents is 1. The second kappa shape index (κ2) is 8.76. The van der Waals surface area contributed by atoms with Gasteiger partial charge in [-0.2, -0.15) is 0 Å². The Bertz CT molecular complexity index is 1010. The molecule has 0 fully saturated rings. The van der Waals surface area contributed by atoms with Gasteiger partial charge in [-0.25, -0.2) is 17.5 Å². The predicted octanol–water partition coefficient (Wildman–Crippen LogP) is 2.36. The van der Waals surface area contributed by atoms with Gasteiger partial charge in [0, 0.05) is 24.7 Å². The SMILES string of the molecule is COc1ccc(S(=O)(=O)NCCC(=O)Nc2ccc(C)c(F)c2)cc1[N+](=O)[O-]. The maximum absolute atomic E-state index is 13.5. The van der Waals surface area contributed by atoms with Crippen molar-refractivity contribution >= 4 is 27.3 Å². The third-order valence-electron chi connectivity index (χ3n) is 3.76. The van der Waals surface area contributed by atoms with E-state index in [0.717, 1.165) is 18.2 Å². The van der Waals surface area contributed by atoms with Crippen molar-refractivity contribution in [1.29, 1.82) is 0 Å². The first-order valence-corrected chi connectivity index (χ1v) is 9.50. The highest BCUT2D eigenvalue weighted by Crippen LogP contribution is 2.29. The molecule has 0 saturated heterocycles. The summed E-state index contributed by atoms with van der Waals surface area (Å²) >= 11 is 0. The third kappa shape index (κ3) is 5.24. The van der Waals surface area contributed by atoms with E-state index in [1.54, 1.807) is 6.92 Å². The van der Waals surface area contributed by atoms with Crippen LogP contribution in [0.3, 0.4) is 0 Å². The number of anilines is 1. The van der Waals surface area contributed by atoms with E-state index >= 15 is 0 Å². The summed E-state index contributed by atoms with van der Waals surface area (Å²) in [4.78, 5) is 21.8. The number of halogens is 1. The van der Waals surface area contributed by atoms with E-state index in [1.807, 2.05) is 0 Å². The number of nitro groups is 1. The molecule has 28 heavy (non-hydrogen) atoms. The van der Waals surface area contributed by atoms with Gasteiger partial charge in [0.25, 0.3) is 0 Å². The second-order valence-corrected chi connectivity index (χ2v) is 7.52. The topological polar surface area (TPSA) is 128 Å². The largest absolute Gasteiger partial charge is 0.490 e. The molecule has 2 N–H and O–H groups in total. The monoisotopic (exact) mass is 411 g/mol. The smallest absolute Gasteiger partial charge is 0.312 e. The molecule has 11 heteroatoms. The average Bonchev–Trinajstić information content (AvgIpc) is 2.64. The lowest BCUT2D eigenvalue weighted by Gasteiger charge is -2.09. The highest BCUT2D eigenvalue weighted by Gasteiger charge is 2.22. The van der Waals surface area contributed by atoms with Crippen LogP contribution in [0.15, 0.2) is 41.3 Å². The lowest BCUT2D eigenvalue weighted by molar-refractivity contribution is -0.386. The number of benzene rings is 2. The van der Waals surface area contributed by atoms with Gasteiger partial charge in [-0.05, 0) is 36.8 Å². The van der Waals surface area contributed by atoms with Crippen molar-refractivity contribution in [2.24, 2.45) is 0 Å². The van der Waals surface area contributed by atoms with Crippen molar-refractivity contribution in [3.8, 4) is 5.75 Å². The van der Waals surface area contributed by atoms with Crippen molar-refractivity contribution in [2.75, 3.05) is 19.0 Å². The summed E-state index contributed by atoms with van der Waals surface area (Å²) in [6, 6.07) is 7.39. The van der Waals surface area contributed by atoms with E-state index in [9.17, 15) is 27.7 Å². The molecule has 2 aromatic carbocycles. The van der Waals surface area contributed by atoms with Crippen LogP contribution in [0.2, 0.25) is 0 Å². The Hall–Kier alpha value is -3.05. The van der Waals surface area contributed by atoms with Gasteiger partial charge in [0.2, 0.25) is 15.9 Å². The molecule has 2 aromatic rings. The average molecular weight is 411 g/mol. The van der Waals surface area contributed by atoms with Gasteiger partial charge >= 0.3 is 5.69 Å². The van der Waals surface area contributed by atoms with Crippen LogP contribution in [0.5, 0.6) is 5.75 Å². The molecular weight excluding hydrogens is 393 g/mol. The Balaban J connectivity index is 1.99. The third-order valence-corrected chi connectivity index (χ3v) is 5.22. The lowest BCUT2D eigenvalue weighted by atomic mass is 10.2.